The van der Waals surface area contributed by atoms with Crippen molar-refractivity contribution in [3.05, 3.63) is 89.0 Å². The Labute approximate surface area is 175 Å². The molecule has 5 nitrogen and oxygen atoms in total. The summed E-state index contributed by atoms with van der Waals surface area (Å²) in [7, 11) is 3.45. The van der Waals surface area contributed by atoms with Crippen LogP contribution in [0.15, 0.2) is 71.7 Å². The smallest absolute Gasteiger partial charge is 0.264 e. The summed E-state index contributed by atoms with van der Waals surface area (Å²) in [5, 5.41) is 0. The van der Waals surface area contributed by atoms with Gasteiger partial charge in [0, 0.05) is 30.3 Å². The summed E-state index contributed by atoms with van der Waals surface area (Å²) < 4.78 is 5.61. The molecule has 1 spiro atoms. The van der Waals surface area contributed by atoms with E-state index in [1.165, 1.54) is 5.56 Å². The first kappa shape index (κ1) is 17.3. The zero-order chi connectivity index (χ0) is 20.5. The van der Waals surface area contributed by atoms with Gasteiger partial charge < -0.3 is 14.5 Å². The number of rotatable bonds is 2. The van der Waals surface area contributed by atoms with Crippen molar-refractivity contribution in [3.63, 3.8) is 0 Å². The standard InChI is InChI=1S/C25H21N3O2/c1-27-22-19(12-7-13-20(22)30-2)25(24(27)29)18-11-6-10-16-14-15-28(21(16)18)23(26-25)17-8-4-3-5-9-17/h3-13H,14-15H2,1-2H3. The van der Waals surface area contributed by atoms with E-state index in [2.05, 4.69) is 29.2 Å². The molecule has 0 saturated heterocycles. The molecule has 0 bridgehead atoms. The molecule has 30 heavy (non-hydrogen) atoms. The molecule has 0 aliphatic carbocycles. The minimum Gasteiger partial charge on any atom is -0.495 e. The zero-order valence-electron chi connectivity index (χ0n) is 16.9. The highest BCUT2D eigenvalue weighted by Gasteiger charge is 2.57. The molecule has 1 amide bonds. The number of amidine groups is 1. The van der Waals surface area contributed by atoms with E-state index in [1.54, 1.807) is 12.0 Å². The Balaban J connectivity index is 1.73. The van der Waals surface area contributed by atoms with Crippen LogP contribution in [0.2, 0.25) is 0 Å². The van der Waals surface area contributed by atoms with Crippen LogP contribution in [-0.2, 0) is 16.8 Å². The Kier molecular flexibility index (Phi) is 3.43. The van der Waals surface area contributed by atoms with Crippen LogP contribution in [0.25, 0.3) is 0 Å². The summed E-state index contributed by atoms with van der Waals surface area (Å²) in [5.41, 5.74) is 4.95. The second-order valence-corrected chi connectivity index (χ2v) is 7.95. The Bertz CT molecular complexity index is 1230. The monoisotopic (exact) mass is 395 g/mol. The Hall–Kier alpha value is -3.60. The number of hydrogen-bond donors (Lipinski definition) is 0. The van der Waals surface area contributed by atoms with Gasteiger partial charge in [0.15, 0.2) is 5.54 Å². The second kappa shape index (κ2) is 5.95. The summed E-state index contributed by atoms with van der Waals surface area (Å²) in [6.07, 6.45) is 0.945. The van der Waals surface area contributed by atoms with Gasteiger partial charge in [0.25, 0.3) is 5.91 Å². The van der Waals surface area contributed by atoms with Crippen molar-refractivity contribution in [1.29, 1.82) is 0 Å². The predicted molar refractivity (Wildman–Crippen MR) is 118 cm³/mol. The molecule has 0 N–H and O–H groups in total. The zero-order valence-corrected chi connectivity index (χ0v) is 16.9. The summed E-state index contributed by atoms with van der Waals surface area (Å²) in [6.45, 7) is 0.866. The van der Waals surface area contributed by atoms with Crippen molar-refractivity contribution >= 4 is 23.1 Å². The maximum atomic E-state index is 13.9. The lowest BCUT2D eigenvalue weighted by molar-refractivity contribution is -0.121. The summed E-state index contributed by atoms with van der Waals surface area (Å²) in [4.78, 5) is 23.2. The first-order valence-electron chi connectivity index (χ1n) is 10.2. The topological polar surface area (TPSA) is 45.1 Å². The van der Waals surface area contributed by atoms with Gasteiger partial charge in [0.2, 0.25) is 0 Å². The van der Waals surface area contributed by atoms with Crippen LogP contribution in [-0.4, -0.2) is 32.4 Å². The van der Waals surface area contributed by atoms with E-state index in [4.69, 9.17) is 9.73 Å². The average molecular weight is 395 g/mol. The number of carbonyl (C=O) groups excluding carboxylic acids is 1. The number of nitrogens with zero attached hydrogens (tertiary/aromatic N) is 3. The fraction of sp³-hybridized carbons (Fsp3) is 0.200. The van der Waals surface area contributed by atoms with E-state index >= 15 is 0 Å². The van der Waals surface area contributed by atoms with E-state index in [9.17, 15) is 4.79 Å². The number of likely N-dealkylation sites (N-methyl/N-ethyl adjacent to an activating group) is 1. The van der Waals surface area contributed by atoms with E-state index in [0.29, 0.717) is 5.75 Å². The van der Waals surface area contributed by atoms with E-state index in [1.807, 2.05) is 49.5 Å². The number of benzene rings is 3. The number of fused-ring (bicyclic) bond motifs is 3. The molecule has 6 rings (SSSR count). The quantitative estimate of drug-likeness (QED) is 0.664. The highest BCUT2D eigenvalue weighted by molar-refractivity contribution is 6.20. The number of methoxy groups -OCH3 is 1. The fourth-order valence-corrected chi connectivity index (χ4v) is 5.20. The van der Waals surface area contributed by atoms with Crippen molar-refractivity contribution < 1.29 is 9.53 Å². The lowest BCUT2D eigenvalue weighted by Gasteiger charge is -2.37. The summed E-state index contributed by atoms with van der Waals surface area (Å²) in [6, 6.07) is 22.3. The molecule has 5 heteroatoms. The summed E-state index contributed by atoms with van der Waals surface area (Å²) in [5.74, 6) is 1.49. The van der Waals surface area contributed by atoms with E-state index < -0.39 is 5.54 Å². The lowest BCUT2D eigenvalue weighted by Crippen LogP contribution is -2.46. The van der Waals surface area contributed by atoms with Gasteiger partial charge in [-0.05, 0) is 18.1 Å². The molecule has 0 saturated carbocycles. The normalized spacial score (nSPS) is 21.0. The van der Waals surface area contributed by atoms with E-state index in [0.717, 1.165) is 46.9 Å². The number of hydrogen-bond acceptors (Lipinski definition) is 4. The highest BCUT2D eigenvalue weighted by Crippen LogP contribution is 2.55. The molecule has 0 fully saturated rings. The molecule has 3 aromatic rings. The largest absolute Gasteiger partial charge is 0.495 e. The van der Waals surface area contributed by atoms with Crippen molar-refractivity contribution in [2.75, 3.05) is 30.5 Å². The van der Waals surface area contributed by atoms with Gasteiger partial charge in [0.05, 0.1) is 18.5 Å². The van der Waals surface area contributed by atoms with Crippen LogP contribution in [0.5, 0.6) is 5.75 Å². The Morgan fingerprint density at radius 3 is 2.43 bits per heavy atom. The molecule has 3 aromatic carbocycles. The highest BCUT2D eigenvalue weighted by atomic mass is 16.5. The average Bonchev–Trinajstić information content (AvgIpc) is 3.32. The first-order chi connectivity index (χ1) is 14.7. The number of carbonyl (C=O) groups is 1. The maximum absolute atomic E-state index is 13.9. The lowest BCUT2D eigenvalue weighted by atomic mass is 9.81. The number of anilines is 2. The molecule has 0 aromatic heterocycles. The van der Waals surface area contributed by atoms with Crippen LogP contribution >= 0.6 is 0 Å². The minimum absolute atomic E-state index is 0.0459. The fourth-order valence-electron chi connectivity index (χ4n) is 5.20. The van der Waals surface area contributed by atoms with Crippen LogP contribution in [0.3, 0.4) is 0 Å². The second-order valence-electron chi connectivity index (χ2n) is 7.95. The van der Waals surface area contributed by atoms with Crippen LogP contribution < -0.4 is 14.5 Å². The Morgan fingerprint density at radius 2 is 1.67 bits per heavy atom. The molecule has 1 unspecified atom stereocenters. The molecule has 3 aliphatic rings. The van der Waals surface area contributed by atoms with Gasteiger partial charge in [-0.2, -0.15) is 0 Å². The SMILES string of the molecule is COc1cccc2c1N(C)C(=O)C21N=C(c2ccccc2)N2CCc3cccc1c32. The molecular formula is C25H21N3O2. The van der Waals surface area contributed by atoms with Crippen molar-refractivity contribution in [3.8, 4) is 5.75 Å². The maximum Gasteiger partial charge on any atom is 0.264 e. The predicted octanol–water partition coefficient (Wildman–Crippen LogP) is 3.74. The summed E-state index contributed by atoms with van der Waals surface area (Å²) >= 11 is 0. The first-order valence-corrected chi connectivity index (χ1v) is 10.2. The van der Waals surface area contributed by atoms with Gasteiger partial charge in [-0.25, -0.2) is 4.99 Å². The molecule has 1 atom stereocenters. The third-order valence-electron chi connectivity index (χ3n) is 6.50. The molecule has 148 valence electrons. The van der Waals surface area contributed by atoms with Gasteiger partial charge in [-0.1, -0.05) is 60.7 Å². The van der Waals surface area contributed by atoms with Gasteiger partial charge >= 0.3 is 0 Å². The van der Waals surface area contributed by atoms with Gasteiger partial charge in [0.1, 0.15) is 11.6 Å². The van der Waals surface area contributed by atoms with Crippen molar-refractivity contribution in [1.82, 2.24) is 0 Å². The van der Waals surface area contributed by atoms with Gasteiger partial charge in [-0.3, -0.25) is 4.79 Å². The number of aliphatic imine (C=N–C) groups is 1. The van der Waals surface area contributed by atoms with Crippen molar-refractivity contribution in [2.24, 2.45) is 4.99 Å². The molecule has 0 radical (unpaired) electrons. The van der Waals surface area contributed by atoms with E-state index in [-0.39, 0.29) is 5.91 Å². The minimum atomic E-state index is -1.10. The number of amides is 1. The van der Waals surface area contributed by atoms with Crippen molar-refractivity contribution in [2.45, 2.75) is 12.0 Å². The third kappa shape index (κ3) is 1.97. The molecule has 3 aliphatic heterocycles. The van der Waals surface area contributed by atoms with Gasteiger partial charge in [-0.15, -0.1) is 0 Å². The number of para-hydroxylation sites is 2. The van der Waals surface area contributed by atoms with Crippen LogP contribution in [0, 0.1) is 0 Å². The molecule has 3 heterocycles. The third-order valence-corrected chi connectivity index (χ3v) is 6.50. The molecular weight excluding hydrogens is 374 g/mol. The van der Waals surface area contributed by atoms with Crippen LogP contribution in [0.4, 0.5) is 11.4 Å². The van der Waals surface area contributed by atoms with Crippen LogP contribution in [0.1, 0.15) is 22.3 Å². The number of ether oxygens (including phenoxy) is 1. The Morgan fingerprint density at radius 1 is 0.933 bits per heavy atom.